The maximum Gasteiger partial charge on any atom is 0.268 e. The van der Waals surface area contributed by atoms with Crippen LogP contribution in [0.25, 0.3) is 0 Å². The Bertz CT molecular complexity index is 1210. The van der Waals surface area contributed by atoms with E-state index in [0.29, 0.717) is 17.7 Å². The minimum absolute atomic E-state index is 0.0740. The maximum absolute atomic E-state index is 13.4. The van der Waals surface area contributed by atoms with E-state index in [2.05, 4.69) is 15.9 Å². The summed E-state index contributed by atoms with van der Waals surface area (Å²) in [5.74, 6) is -0.0740. The topological polar surface area (TPSA) is 54.5 Å². The number of halogens is 1. The first-order valence-electron chi connectivity index (χ1n) is 9.48. The van der Waals surface area contributed by atoms with Crippen LogP contribution in [0.1, 0.15) is 22.3 Å². The molecule has 6 heteroatoms. The summed E-state index contributed by atoms with van der Waals surface area (Å²) < 4.78 is 27.3. The summed E-state index contributed by atoms with van der Waals surface area (Å²) in [5.41, 5.74) is 2.80. The molecule has 0 bridgehead atoms. The van der Waals surface area contributed by atoms with Gasteiger partial charge in [0, 0.05) is 11.8 Å². The number of nitrogens with zero attached hydrogens (tertiary/aromatic N) is 1. The van der Waals surface area contributed by atoms with Crippen LogP contribution in [0.3, 0.4) is 0 Å². The van der Waals surface area contributed by atoms with Crippen molar-refractivity contribution in [3.63, 3.8) is 0 Å². The zero-order chi connectivity index (χ0) is 21.4. The van der Waals surface area contributed by atoms with Gasteiger partial charge in [-0.25, -0.2) is 12.7 Å². The molecular weight excluding hydrogens is 462 g/mol. The first-order chi connectivity index (χ1) is 14.3. The van der Waals surface area contributed by atoms with Gasteiger partial charge < -0.3 is 0 Å². The lowest BCUT2D eigenvalue weighted by atomic mass is 10.1. The van der Waals surface area contributed by atoms with E-state index in [-0.39, 0.29) is 10.7 Å². The van der Waals surface area contributed by atoms with E-state index in [4.69, 9.17) is 0 Å². The van der Waals surface area contributed by atoms with Gasteiger partial charge in [-0.2, -0.15) is 0 Å². The average Bonchev–Trinajstić information content (AvgIpc) is 3.43. The number of sulfonamides is 1. The van der Waals surface area contributed by atoms with Gasteiger partial charge in [0.05, 0.1) is 10.6 Å². The third-order valence-corrected chi connectivity index (χ3v) is 7.93. The highest BCUT2D eigenvalue weighted by Crippen LogP contribution is 2.53. The standard InChI is InChI=1S/C24H20BrNO3S/c1-18-12-14-22(15-13-18)30(28,29)26(21-10-6-3-7-11-21)17-20-16-24(20,25)23(27)19-8-4-2-5-9-19/h2-15,17H,16H2,1H3/b20-17+. The van der Waals surface area contributed by atoms with Crippen molar-refractivity contribution in [2.24, 2.45) is 0 Å². The number of Topliss-reactive ketones (excluding diaryl/α,β-unsaturated/α-hetero) is 1. The van der Waals surface area contributed by atoms with E-state index in [1.807, 2.05) is 31.2 Å². The Balaban J connectivity index is 1.74. The van der Waals surface area contributed by atoms with E-state index in [9.17, 15) is 13.2 Å². The monoisotopic (exact) mass is 481 g/mol. The maximum atomic E-state index is 13.4. The van der Waals surface area contributed by atoms with Crippen LogP contribution in [-0.2, 0) is 10.0 Å². The molecule has 0 N–H and O–H groups in total. The smallest absolute Gasteiger partial charge is 0.268 e. The zero-order valence-corrected chi connectivity index (χ0v) is 18.7. The first kappa shape index (κ1) is 20.6. The Morgan fingerprint density at radius 2 is 1.50 bits per heavy atom. The molecule has 1 aliphatic rings. The number of anilines is 1. The Labute approximate surface area is 185 Å². The Morgan fingerprint density at radius 1 is 0.933 bits per heavy atom. The number of carbonyl (C=O) groups excluding carboxylic acids is 1. The van der Waals surface area contributed by atoms with Crippen molar-refractivity contribution in [3.05, 3.63) is 108 Å². The molecule has 152 valence electrons. The molecule has 1 saturated carbocycles. The minimum atomic E-state index is -3.84. The van der Waals surface area contributed by atoms with Crippen LogP contribution in [-0.4, -0.2) is 18.5 Å². The molecule has 1 atom stereocenters. The van der Waals surface area contributed by atoms with Crippen molar-refractivity contribution in [2.75, 3.05) is 4.31 Å². The summed E-state index contributed by atoms with van der Waals surface area (Å²) in [7, 11) is -3.84. The largest absolute Gasteiger partial charge is 0.292 e. The van der Waals surface area contributed by atoms with Crippen molar-refractivity contribution in [1.82, 2.24) is 0 Å². The van der Waals surface area contributed by atoms with Crippen LogP contribution >= 0.6 is 15.9 Å². The highest BCUT2D eigenvalue weighted by Gasteiger charge is 2.54. The molecule has 0 spiro atoms. The molecule has 0 aliphatic heterocycles. The van der Waals surface area contributed by atoms with Gasteiger partial charge in [0.1, 0.15) is 4.32 Å². The molecule has 0 saturated heterocycles. The molecule has 30 heavy (non-hydrogen) atoms. The zero-order valence-electron chi connectivity index (χ0n) is 16.3. The van der Waals surface area contributed by atoms with Crippen LogP contribution in [0.15, 0.2) is 102 Å². The molecule has 3 aromatic carbocycles. The second kappa shape index (κ2) is 7.85. The molecule has 4 nitrogen and oxygen atoms in total. The quantitative estimate of drug-likeness (QED) is 0.345. The number of alkyl halides is 1. The number of carbonyl (C=O) groups is 1. The van der Waals surface area contributed by atoms with Gasteiger partial charge in [-0.1, -0.05) is 82.2 Å². The summed E-state index contributed by atoms with van der Waals surface area (Å²) in [4.78, 5) is 13.2. The summed E-state index contributed by atoms with van der Waals surface area (Å²) in [6.45, 7) is 1.91. The molecule has 1 aliphatic carbocycles. The second-order valence-electron chi connectivity index (χ2n) is 7.28. The number of hydrogen-bond acceptors (Lipinski definition) is 3. The molecule has 0 radical (unpaired) electrons. The number of aryl methyl sites for hydroxylation is 1. The molecule has 1 unspecified atom stereocenters. The van der Waals surface area contributed by atoms with Crippen LogP contribution in [0, 0.1) is 6.92 Å². The van der Waals surface area contributed by atoms with Crippen molar-refractivity contribution in [2.45, 2.75) is 22.6 Å². The van der Waals surface area contributed by atoms with Crippen molar-refractivity contribution < 1.29 is 13.2 Å². The Hall–Kier alpha value is -2.70. The molecule has 4 rings (SSSR count). The van der Waals surface area contributed by atoms with Crippen LogP contribution in [0.5, 0.6) is 0 Å². The number of rotatable bonds is 6. The Kier molecular flexibility index (Phi) is 5.38. The number of hydrogen-bond donors (Lipinski definition) is 0. The summed E-state index contributed by atoms with van der Waals surface area (Å²) in [6, 6.07) is 24.6. The van der Waals surface area contributed by atoms with Crippen molar-refractivity contribution in [1.29, 1.82) is 0 Å². The fraction of sp³-hybridized carbons (Fsp3) is 0.125. The predicted octanol–water partition coefficient (Wildman–Crippen LogP) is 5.49. The Morgan fingerprint density at radius 3 is 2.10 bits per heavy atom. The van der Waals surface area contributed by atoms with Crippen LogP contribution in [0.4, 0.5) is 5.69 Å². The third-order valence-electron chi connectivity index (χ3n) is 5.08. The van der Waals surface area contributed by atoms with Crippen molar-refractivity contribution in [3.8, 4) is 0 Å². The second-order valence-corrected chi connectivity index (χ2v) is 10.4. The van der Waals surface area contributed by atoms with Gasteiger partial charge in [-0.05, 0) is 43.2 Å². The number of allylic oxidation sites excluding steroid dienone is 1. The third kappa shape index (κ3) is 3.85. The summed E-state index contributed by atoms with van der Waals surface area (Å²) >= 11 is 3.55. The fourth-order valence-corrected chi connectivity index (χ4v) is 5.24. The van der Waals surface area contributed by atoms with E-state index in [0.717, 1.165) is 11.1 Å². The molecule has 0 amide bonds. The average molecular weight is 482 g/mol. The molecular formula is C24H20BrNO3S. The molecule has 3 aromatic rings. The van der Waals surface area contributed by atoms with E-state index >= 15 is 0 Å². The lowest BCUT2D eigenvalue weighted by molar-refractivity contribution is 0.0987. The van der Waals surface area contributed by atoms with Gasteiger partial charge in [0.15, 0.2) is 5.78 Å². The van der Waals surface area contributed by atoms with Crippen molar-refractivity contribution >= 4 is 37.4 Å². The van der Waals surface area contributed by atoms with Gasteiger partial charge in [-0.15, -0.1) is 0 Å². The molecule has 0 aromatic heterocycles. The lowest BCUT2D eigenvalue weighted by Gasteiger charge is -2.21. The van der Waals surface area contributed by atoms with Crippen LogP contribution < -0.4 is 4.31 Å². The molecule has 1 fully saturated rings. The lowest BCUT2D eigenvalue weighted by Crippen LogP contribution is -2.26. The number of benzene rings is 3. The summed E-state index contributed by atoms with van der Waals surface area (Å²) in [6.07, 6.45) is 2.02. The van der Waals surface area contributed by atoms with E-state index in [1.165, 1.54) is 4.31 Å². The SMILES string of the molecule is Cc1ccc(S(=O)(=O)N(/C=C2\CC2(Br)C(=O)c2ccccc2)c2ccccc2)cc1. The highest BCUT2D eigenvalue weighted by atomic mass is 79.9. The highest BCUT2D eigenvalue weighted by molar-refractivity contribution is 9.10. The minimum Gasteiger partial charge on any atom is -0.292 e. The number of para-hydroxylation sites is 1. The normalized spacial score (nSPS) is 19.5. The fourth-order valence-electron chi connectivity index (χ4n) is 3.23. The first-order valence-corrected chi connectivity index (χ1v) is 11.7. The van der Waals surface area contributed by atoms with Gasteiger partial charge in [-0.3, -0.25) is 4.79 Å². The van der Waals surface area contributed by atoms with Crippen LogP contribution in [0.2, 0.25) is 0 Å². The predicted molar refractivity (Wildman–Crippen MR) is 122 cm³/mol. The van der Waals surface area contributed by atoms with Gasteiger partial charge >= 0.3 is 0 Å². The van der Waals surface area contributed by atoms with Gasteiger partial charge in [0.2, 0.25) is 0 Å². The van der Waals surface area contributed by atoms with Gasteiger partial charge in [0.25, 0.3) is 10.0 Å². The number of ketones is 1. The van der Waals surface area contributed by atoms with E-state index < -0.39 is 14.3 Å². The van der Waals surface area contributed by atoms with E-state index in [1.54, 1.807) is 66.9 Å². The summed E-state index contributed by atoms with van der Waals surface area (Å²) in [5, 5.41) is 0. The molecule has 0 heterocycles.